The molecule has 0 fully saturated rings. The van der Waals surface area contributed by atoms with Crippen molar-refractivity contribution < 1.29 is 14.3 Å². The molecular formula is C21H26N2O3. The fourth-order valence-corrected chi connectivity index (χ4v) is 2.76. The minimum Gasteiger partial charge on any atom is -0.495 e. The van der Waals surface area contributed by atoms with Gasteiger partial charge in [-0.05, 0) is 42.7 Å². The lowest BCUT2D eigenvalue weighted by Crippen LogP contribution is -2.34. The maximum Gasteiger partial charge on any atom is 0.223 e. The standard InChI is InChI=1S/C21H26N2O3/c1-15-9-10-20(26-4)19(13-15)23(17(3)24)12-11-21(25)22-14-18-8-6-5-7-16(18)2/h5-10,13H,11-12,14H2,1-4H3,(H,22,25). The molecule has 2 aromatic rings. The van der Waals surface area contributed by atoms with E-state index < -0.39 is 0 Å². The molecule has 0 aromatic heterocycles. The highest BCUT2D eigenvalue weighted by atomic mass is 16.5. The maximum absolute atomic E-state index is 12.2. The number of anilines is 1. The van der Waals surface area contributed by atoms with E-state index in [1.54, 1.807) is 12.0 Å². The van der Waals surface area contributed by atoms with Crippen LogP contribution in [-0.2, 0) is 16.1 Å². The molecule has 26 heavy (non-hydrogen) atoms. The van der Waals surface area contributed by atoms with Crippen LogP contribution in [-0.4, -0.2) is 25.5 Å². The summed E-state index contributed by atoms with van der Waals surface area (Å²) in [6.45, 7) is 6.25. The van der Waals surface area contributed by atoms with Crippen LogP contribution in [0.1, 0.15) is 30.0 Å². The number of nitrogens with zero attached hydrogens (tertiary/aromatic N) is 1. The van der Waals surface area contributed by atoms with Gasteiger partial charge in [-0.1, -0.05) is 30.3 Å². The average Bonchev–Trinajstić information content (AvgIpc) is 2.61. The second-order valence-electron chi connectivity index (χ2n) is 6.30. The normalized spacial score (nSPS) is 10.3. The summed E-state index contributed by atoms with van der Waals surface area (Å²) < 4.78 is 5.36. The van der Waals surface area contributed by atoms with Gasteiger partial charge >= 0.3 is 0 Å². The Morgan fingerprint density at radius 2 is 1.85 bits per heavy atom. The Hall–Kier alpha value is -2.82. The topological polar surface area (TPSA) is 58.6 Å². The minimum absolute atomic E-state index is 0.0916. The third-order valence-electron chi connectivity index (χ3n) is 4.30. The summed E-state index contributed by atoms with van der Waals surface area (Å²) in [5.41, 5.74) is 3.94. The summed E-state index contributed by atoms with van der Waals surface area (Å²) in [7, 11) is 1.57. The molecule has 138 valence electrons. The smallest absolute Gasteiger partial charge is 0.223 e. The van der Waals surface area contributed by atoms with Gasteiger partial charge in [-0.25, -0.2) is 0 Å². The van der Waals surface area contributed by atoms with Gasteiger partial charge in [0.1, 0.15) is 5.75 Å². The van der Waals surface area contributed by atoms with Crippen LogP contribution in [0.2, 0.25) is 0 Å². The molecule has 5 heteroatoms. The molecule has 0 atom stereocenters. The molecule has 2 amide bonds. The number of benzene rings is 2. The number of hydrogen-bond donors (Lipinski definition) is 1. The van der Waals surface area contributed by atoms with E-state index in [-0.39, 0.29) is 18.2 Å². The zero-order valence-electron chi connectivity index (χ0n) is 15.8. The Bertz CT molecular complexity index is 787. The lowest BCUT2D eigenvalue weighted by Gasteiger charge is -2.23. The molecule has 0 unspecified atom stereocenters. The van der Waals surface area contributed by atoms with Crippen LogP contribution in [0.3, 0.4) is 0 Å². The number of ether oxygens (including phenoxy) is 1. The second kappa shape index (κ2) is 9.04. The molecule has 0 saturated heterocycles. The van der Waals surface area contributed by atoms with Crippen LogP contribution < -0.4 is 15.0 Å². The van der Waals surface area contributed by atoms with E-state index in [2.05, 4.69) is 5.32 Å². The Morgan fingerprint density at radius 3 is 2.50 bits per heavy atom. The molecular weight excluding hydrogens is 328 g/mol. The summed E-state index contributed by atoms with van der Waals surface area (Å²) in [5.74, 6) is 0.401. The fraction of sp³-hybridized carbons (Fsp3) is 0.333. The second-order valence-corrected chi connectivity index (χ2v) is 6.30. The van der Waals surface area contributed by atoms with Crippen molar-refractivity contribution in [3.8, 4) is 5.75 Å². The van der Waals surface area contributed by atoms with Crippen LogP contribution in [0.4, 0.5) is 5.69 Å². The molecule has 2 aromatic carbocycles. The monoisotopic (exact) mass is 354 g/mol. The Morgan fingerprint density at radius 1 is 1.12 bits per heavy atom. The van der Waals surface area contributed by atoms with Gasteiger partial charge in [-0.15, -0.1) is 0 Å². The molecule has 0 aliphatic heterocycles. The van der Waals surface area contributed by atoms with Crippen LogP contribution in [0.15, 0.2) is 42.5 Å². The molecule has 0 radical (unpaired) electrons. The Balaban J connectivity index is 2.00. The summed E-state index contributed by atoms with van der Waals surface area (Å²) in [4.78, 5) is 25.9. The van der Waals surface area contributed by atoms with E-state index in [1.807, 2.05) is 56.3 Å². The summed E-state index contributed by atoms with van der Waals surface area (Å²) >= 11 is 0. The number of carbonyl (C=O) groups is 2. The fourth-order valence-electron chi connectivity index (χ4n) is 2.76. The number of methoxy groups -OCH3 is 1. The van der Waals surface area contributed by atoms with E-state index in [9.17, 15) is 9.59 Å². The van der Waals surface area contributed by atoms with Crippen molar-refractivity contribution in [1.82, 2.24) is 5.32 Å². The van der Waals surface area contributed by atoms with Crippen molar-refractivity contribution in [1.29, 1.82) is 0 Å². The van der Waals surface area contributed by atoms with Crippen molar-refractivity contribution in [2.45, 2.75) is 33.7 Å². The van der Waals surface area contributed by atoms with E-state index >= 15 is 0 Å². The van der Waals surface area contributed by atoms with Crippen molar-refractivity contribution in [2.75, 3.05) is 18.6 Å². The molecule has 0 heterocycles. The zero-order chi connectivity index (χ0) is 19.1. The highest BCUT2D eigenvalue weighted by Crippen LogP contribution is 2.29. The SMILES string of the molecule is COc1ccc(C)cc1N(CCC(=O)NCc1ccccc1C)C(C)=O. The van der Waals surface area contributed by atoms with Crippen molar-refractivity contribution in [3.63, 3.8) is 0 Å². The van der Waals surface area contributed by atoms with Crippen LogP contribution in [0.25, 0.3) is 0 Å². The van der Waals surface area contributed by atoms with Gasteiger partial charge in [0.2, 0.25) is 11.8 Å². The first kappa shape index (κ1) is 19.5. The van der Waals surface area contributed by atoms with E-state index in [4.69, 9.17) is 4.74 Å². The highest BCUT2D eigenvalue weighted by molar-refractivity contribution is 5.94. The van der Waals surface area contributed by atoms with Crippen molar-refractivity contribution in [3.05, 3.63) is 59.2 Å². The average molecular weight is 354 g/mol. The molecule has 5 nitrogen and oxygen atoms in total. The number of nitrogens with one attached hydrogen (secondary N) is 1. The first-order valence-electron chi connectivity index (χ1n) is 8.66. The molecule has 1 N–H and O–H groups in total. The highest BCUT2D eigenvalue weighted by Gasteiger charge is 2.17. The van der Waals surface area contributed by atoms with Crippen LogP contribution in [0.5, 0.6) is 5.75 Å². The molecule has 0 aliphatic rings. The third kappa shape index (κ3) is 5.09. The Kier molecular flexibility index (Phi) is 6.78. The summed E-state index contributed by atoms with van der Waals surface area (Å²) in [5, 5.41) is 2.92. The number of rotatable bonds is 7. The van der Waals surface area contributed by atoms with Gasteiger partial charge in [-0.2, -0.15) is 0 Å². The summed E-state index contributed by atoms with van der Waals surface area (Å²) in [6.07, 6.45) is 0.225. The van der Waals surface area contributed by atoms with Crippen molar-refractivity contribution in [2.24, 2.45) is 0 Å². The molecule has 0 bridgehead atoms. The zero-order valence-corrected chi connectivity index (χ0v) is 15.8. The van der Waals surface area contributed by atoms with Gasteiger partial charge in [-0.3, -0.25) is 9.59 Å². The number of aryl methyl sites for hydroxylation is 2. The Labute approximate surface area is 155 Å². The van der Waals surface area contributed by atoms with E-state index in [0.29, 0.717) is 24.5 Å². The quantitative estimate of drug-likeness (QED) is 0.829. The van der Waals surface area contributed by atoms with Gasteiger partial charge < -0.3 is 15.0 Å². The van der Waals surface area contributed by atoms with Crippen LogP contribution >= 0.6 is 0 Å². The molecule has 0 aliphatic carbocycles. The van der Waals surface area contributed by atoms with Gasteiger partial charge in [0, 0.05) is 26.4 Å². The minimum atomic E-state index is -0.124. The summed E-state index contributed by atoms with van der Waals surface area (Å²) in [6, 6.07) is 13.6. The number of carbonyl (C=O) groups excluding carboxylic acids is 2. The predicted octanol–water partition coefficient (Wildman–Crippen LogP) is 3.37. The predicted molar refractivity (Wildman–Crippen MR) is 103 cm³/mol. The number of hydrogen-bond acceptors (Lipinski definition) is 3. The van der Waals surface area contributed by atoms with E-state index in [1.165, 1.54) is 6.92 Å². The number of amides is 2. The lowest BCUT2D eigenvalue weighted by molar-refractivity contribution is -0.121. The van der Waals surface area contributed by atoms with Gasteiger partial charge in [0.15, 0.2) is 0 Å². The first-order chi connectivity index (χ1) is 12.4. The van der Waals surface area contributed by atoms with Gasteiger partial charge in [0.05, 0.1) is 12.8 Å². The van der Waals surface area contributed by atoms with E-state index in [0.717, 1.165) is 16.7 Å². The van der Waals surface area contributed by atoms with Gasteiger partial charge in [0.25, 0.3) is 0 Å². The largest absolute Gasteiger partial charge is 0.495 e. The first-order valence-corrected chi connectivity index (χ1v) is 8.66. The molecule has 2 rings (SSSR count). The maximum atomic E-state index is 12.2. The lowest BCUT2D eigenvalue weighted by atomic mass is 10.1. The van der Waals surface area contributed by atoms with Crippen LogP contribution in [0, 0.1) is 13.8 Å². The molecule has 0 spiro atoms. The van der Waals surface area contributed by atoms with Crippen molar-refractivity contribution >= 4 is 17.5 Å². The molecule has 0 saturated carbocycles. The third-order valence-corrected chi connectivity index (χ3v) is 4.30.